The molecule has 0 spiro atoms. The fraction of sp³-hybridized carbons (Fsp3) is 0.200. The number of hydrogen-bond acceptors (Lipinski definition) is 1. The molecule has 62 heavy (non-hydrogen) atoms. The number of anilines is 3. The smallest absolute Gasteiger partial charge is 0.0556 e. The van der Waals surface area contributed by atoms with Crippen LogP contribution in [0.4, 0.5) is 17.1 Å². The summed E-state index contributed by atoms with van der Waals surface area (Å²) in [5.41, 5.74) is 24.2. The largest absolute Gasteiger partial charge is 0.310 e. The molecule has 0 fully saturated rings. The molecular formula is C60H54N2. The van der Waals surface area contributed by atoms with Crippen molar-refractivity contribution in [3.05, 3.63) is 203 Å². The lowest BCUT2D eigenvalue weighted by Gasteiger charge is -2.39. The lowest BCUT2D eigenvalue weighted by Crippen LogP contribution is -2.27. The molecule has 0 atom stereocenters. The molecule has 0 bridgehead atoms. The van der Waals surface area contributed by atoms with Crippen molar-refractivity contribution in [2.45, 2.75) is 78.6 Å². The molecule has 0 saturated heterocycles. The van der Waals surface area contributed by atoms with Crippen LogP contribution in [0.5, 0.6) is 0 Å². The first kappa shape index (κ1) is 38.3. The summed E-state index contributed by atoms with van der Waals surface area (Å²) < 4.78 is 2.42. The zero-order chi connectivity index (χ0) is 42.9. The van der Waals surface area contributed by atoms with Crippen LogP contribution in [0.15, 0.2) is 164 Å². The summed E-state index contributed by atoms with van der Waals surface area (Å²) in [7, 11) is 0. The van der Waals surface area contributed by atoms with Crippen molar-refractivity contribution in [1.82, 2.24) is 4.57 Å². The Labute approximate surface area is 367 Å². The van der Waals surface area contributed by atoms with E-state index in [1.54, 1.807) is 0 Å². The summed E-state index contributed by atoms with van der Waals surface area (Å²) in [6.07, 6.45) is 0. The van der Waals surface area contributed by atoms with Gasteiger partial charge in [-0.1, -0.05) is 164 Å². The molecule has 2 heteroatoms. The van der Waals surface area contributed by atoms with Gasteiger partial charge in [-0.3, -0.25) is 0 Å². The number of hydrogen-bond donors (Lipinski definition) is 0. The Hall–Kier alpha value is -6.64. The van der Waals surface area contributed by atoms with Crippen LogP contribution in [0, 0.1) is 13.8 Å². The number of fused-ring (bicyclic) bond motifs is 9. The number of aryl methyl sites for hydroxylation is 2. The van der Waals surface area contributed by atoms with E-state index in [4.69, 9.17) is 0 Å². The van der Waals surface area contributed by atoms with E-state index in [-0.39, 0.29) is 16.2 Å². The summed E-state index contributed by atoms with van der Waals surface area (Å²) >= 11 is 0. The maximum absolute atomic E-state index is 2.66. The first-order valence-electron chi connectivity index (χ1n) is 22.3. The molecule has 0 unspecified atom stereocenters. The Balaban J connectivity index is 1.31. The number of para-hydroxylation sites is 2. The molecule has 0 amide bonds. The summed E-state index contributed by atoms with van der Waals surface area (Å²) in [4.78, 5) is 2.66. The van der Waals surface area contributed by atoms with Gasteiger partial charge in [-0.05, 0) is 140 Å². The molecular weight excluding hydrogens is 749 g/mol. The average Bonchev–Trinajstić information content (AvgIpc) is 3.81. The van der Waals surface area contributed by atoms with Crippen LogP contribution in [0.2, 0.25) is 0 Å². The number of rotatable bonds is 5. The van der Waals surface area contributed by atoms with Crippen molar-refractivity contribution in [3.63, 3.8) is 0 Å². The molecule has 2 aliphatic rings. The van der Waals surface area contributed by atoms with Gasteiger partial charge in [0.15, 0.2) is 0 Å². The van der Waals surface area contributed by atoms with Crippen LogP contribution in [-0.4, -0.2) is 4.57 Å². The predicted molar refractivity (Wildman–Crippen MR) is 264 cm³/mol. The maximum atomic E-state index is 2.66. The van der Waals surface area contributed by atoms with E-state index < -0.39 is 0 Å². The summed E-state index contributed by atoms with van der Waals surface area (Å²) in [5, 5.41) is 2.49. The van der Waals surface area contributed by atoms with Crippen molar-refractivity contribution in [2.75, 3.05) is 4.90 Å². The van der Waals surface area contributed by atoms with E-state index in [0.717, 1.165) is 17.1 Å². The number of benzene rings is 8. The summed E-state index contributed by atoms with van der Waals surface area (Å²) in [5.74, 6) is 0. The Morgan fingerprint density at radius 2 is 0.952 bits per heavy atom. The zero-order valence-electron chi connectivity index (χ0n) is 37.5. The topological polar surface area (TPSA) is 8.17 Å². The minimum Gasteiger partial charge on any atom is -0.310 e. The third-order valence-electron chi connectivity index (χ3n) is 14.3. The number of aromatic nitrogens is 1. The molecule has 0 N–H and O–H groups in total. The van der Waals surface area contributed by atoms with Crippen LogP contribution in [0.3, 0.4) is 0 Å². The first-order valence-corrected chi connectivity index (χ1v) is 22.3. The first-order chi connectivity index (χ1) is 29.8. The van der Waals surface area contributed by atoms with Gasteiger partial charge in [0, 0.05) is 38.7 Å². The predicted octanol–water partition coefficient (Wildman–Crippen LogP) is 16.4. The highest BCUT2D eigenvalue weighted by molar-refractivity contribution is 6.11. The molecule has 1 aromatic heterocycles. The van der Waals surface area contributed by atoms with E-state index in [9.17, 15) is 0 Å². The highest BCUT2D eigenvalue weighted by Crippen LogP contribution is 2.65. The molecule has 304 valence electrons. The average molecular weight is 803 g/mol. The van der Waals surface area contributed by atoms with Crippen molar-refractivity contribution >= 4 is 38.9 Å². The molecule has 1 heterocycles. The van der Waals surface area contributed by atoms with E-state index in [1.165, 1.54) is 99.8 Å². The van der Waals surface area contributed by atoms with Crippen molar-refractivity contribution < 1.29 is 0 Å². The van der Waals surface area contributed by atoms with Crippen LogP contribution in [-0.2, 0) is 16.2 Å². The van der Waals surface area contributed by atoms with Gasteiger partial charge in [-0.2, -0.15) is 0 Å². The van der Waals surface area contributed by atoms with Crippen molar-refractivity contribution in [3.8, 4) is 39.1 Å². The molecule has 2 nitrogen and oxygen atoms in total. The van der Waals surface area contributed by atoms with Gasteiger partial charge in [-0.25, -0.2) is 0 Å². The molecule has 11 rings (SSSR count). The quantitative estimate of drug-likeness (QED) is 0.168. The standard InChI is InChI=1S/C60H54N2/c1-37-21-13-14-24-42(37)43-33-31-40(35-38(43)2)61(41-32-34-51-47(36-41)44-25-17-20-30-50(44)62(51)39-22-11-10-12-23-39)57-55-52(45-26-15-18-28-48(45)59(55,6)7)54(58(3,4)5)53-46-27-16-19-29-49(46)60(8,9)56(53)57/h10-36H,1-9H3. The molecule has 0 aliphatic heterocycles. The van der Waals surface area contributed by atoms with E-state index in [1.807, 2.05) is 0 Å². The van der Waals surface area contributed by atoms with E-state index >= 15 is 0 Å². The van der Waals surface area contributed by atoms with Gasteiger partial charge in [0.1, 0.15) is 0 Å². The Morgan fingerprint density at radius 3 is 1.56 bits per heavy atom. The fourth-order valence-corrected chi connectivity index (χ4v) is 11.6. The highest BCUT2D eigenvalue weighted by atomic mass is 15.2. The maximum Gasteiger partial charge on any atom is 0.0556 e. The van der Waals surface area contributed by atoms with Crippen LogP contribution < -0.4 is 4.90 Å². The monoisotopic (exact) mass is 802 g/mol. The molecule has 0 saturated carbocycles. The van der Waals surface area contributed by atoms with Crippen molar-refractivity contribution in [1.29, 1.82) is 0 Å². The molecule has 0 radical (unpaired) electrons. The molecule has 2 aliphatic carbocycles. The highest BCUT2D eigenvalue weighted by Gasteiger charge is 2.50. The fourth-order valence-electron chi connectivity index (χ4n) is 11.6. The lowest BCUT2D eigenvalue weighted by molar-refractivity contribution is 0.587. The van der Waals surface area contributed by atoms with Gasteiger partial charge in [0.05, 0.1) is 16.7 Å². The van der Waals surface area contributed by atoms with Crippen molar-refractivity contribution in [2.24, 2.45) is 0 Å². The van der Waals surface area contributed by atoms with E-state index in [2.05, 4.69) is 236 Å². The molecule has 9 aromatic rings. The second-order valence-corrected chi connectivity index (χ2v) is 19.9. The zero-order valence-corrected chi connectivity index (χ0v) is 37.5. The molecule has 8 aromatic carbocycles. The lowest BCUT2D eigenvalue weighted by atomic mass is 9.70. The second kappa shape index (κ2) is 13.4. The van der Waals surface area contributed by atoms with Gasteiger partial charge in [-0.15, -0.1) is 0 Å². The SMILES string of the molecule is Cc1ccccc1-c1ccc(N(c2ccc3c(c2)c2ccccc2n3-c2ccccc2)c2c3c(c(C(C)(C)C)c4c2C(C)(C)c2ccccc2-4)-c2ccccc2C3(C)C)cc1C. The van der Waals surface area contributed by atoms with E-state index in [0.29, 0.717) is 0 Å². The van der Waals surface area contributed by atoms with Gasteiger partial charge >= 0.3 is 0 Å². The second-order valence-electron chi connectivity index (χ2n) is 19.9. The Morgan fingerprint density at radius 1 is 0.452 bits per heavy atom. The number of nitrogens with zero attached hydrogens (tertiary/aromatic N) is 2. The minimum absolute atomic E-state index is 0.136. The normalized spacial score (nSPS) is 14.5. The van der Waals surface area contributed by atoms with Crippen LogP contribution >= 0.6 is 0 Å². The van der Waals surface area contributed by atoms with Gasteiger partial charge in [0.2, 0.25) is 0 Å². The third kappa shape index (κ3) is 5.35. The van der Waals surface area contributed by atoms with Crippen LogP contribution in [0.25, 0.3) is 60.9 Å². The van der Waals surface area contributed by atoms with Gasteiger partial charge in [0.25, 0.3) is 0 Å². The minimum atomic E-state index is -0.289. The Kier molecular flexibility index (Phi) is 8.29. The van der Waals surface area contributed by atoms with Crippen LogP contribution in [0.1, 0.15) is 87.4 Å². The van der Waals surface area contributed by atoms with Gasteiger partial charge < -0.3 is 9.47 Å². The summed E-state index contributed by atoms with van der Waals surface area (Å²) in [6.45, 7) is 21.7. The third-order valence-corrected chi connectivity index (χ3v) is 14.3. The Bertz CT molecular complexity index is 3210. The summed E-state index contributed by atoms with van der Waals surface area (Å²) in [6, 6.07) is 61.4.